The van der Waals surface area contributed by atoms with E-state index in [0.717, 1.165) is 66.8 Å². The van der Waals surface area contributed by atoms with Crippen LogP contribution in [0.3, 0.4) is 0 Å². The molecule has 2 atom stereocenters. The summed E-state index contributed by atoms with van der Waals surface area (Å²) in [5.74, 6) is -1.29. The van der Waals surface area contributed by atoms with Crippen LogP contribution in [-0.2, 0) is 25.6 Å². The SMILES string of the molecule is O=C(O)/C=C/c1ccc(NC(=O)C2(NC(=O)c3ccc4c(C5CCCCC5)c(-c5ccccc5)n(CC(O)NCC5COCCO5)c4c3)CCCC2)cc1. The van der Waals surface area contributed by atoms with Crippen molar-refractivity contribution >= 4 is 40.4 Å². The predicted octanol–water partition coefficient (Wildman–Crippen LogP) is 6.46. The Balaban J connectivity index is 1.20. The highest BCUT2D eigenvalue weighted by molar-refractivity contribution is 6.06. The molecule has 11 nitrogen and oxygen atoms in total. The van der Waals surface area contributed by atoms with Crippen molar-refractivity contribution in [3.63, 3.8) is 0 Å². The molecule has 3 fully saturated rings. The second-order valence-electron chi connectivity index (χ2n) is 14.8. The van der Waals surface area contributed by atoms with Crippen LogP contribution in [0, 0.1) is 0 Å². The van der Waals surface area contributed by atoms with Crippen LogP contribution in [-0.4, -0.2) is 76.8 Å². The third kappa shape index (κ3) is 8.60. The number of carboxylic acids is 1. The molecule has 2 heterocycles. The summed E-state index contributed by atoms with van der Waals surface area (Å²) in [7, 11) is 0. The van der Waals surface area contributed by atoms with Crippen LogP contribution >= 0.6 is 0 Å². The number of nitrogens with zero attached hydrogens (tertiary/aromatic N) is 1. The van der Waals surface area contributed by atoms with Gasteiger partial charge in [0.15, 0.2) is 0 Å². The van der Waals surface area contributed by atoms with E-state index in [1.165, 1.54) is 18.1 Å². The maximum atomic E-state index is 14.2. The molecule has 4 aromatic rings. The van der Waals surface area contributed by atoms with E-state index in [2.05, 4.69) is 32.7 Å². The molecule has 284 valence electrons. The van der Waals surface area contributed by atoms with E-state index < -0.39 is 17.7 Å². The number of nitrogens with one attached hydrogen (secondary N) is 3. The second-order valence-corrected chi connectivity index (χ2v) is 14.8. The molecule has 3 aromatic carbocycles. The number of fused-ring (bicyclic) bond motifs is 1. The molecule has 0 radical (unpaired) electrons. The molecular weight excluding hydrogens is 684 g/mol. The summed E-state index contributed by atoms with van der Waals surface area (Å²) < 4.78 is 13.5. The van der Waals surface area contributed by atoms with Gasteiger partial charge in [-0.1, -0.05) is 80.6 Å². The number of amides is 2. The third-order valence-corrected chi connectivity index (χ3v) is 11.1. The van der Waals surface area contributed by atoms with Gasteiger partial charge in [-0.15, -0.1) is 0 Å². The Labute approximate surface area is 315 Å². The Kier molecular flexibility index (Phi) is 11.9. The van der Waals surface area contributed by atoms with Gasteiger partial charge in [0.2, 0.25) is 5.91 Å². The van der Waals surface area contributed by atoms with Crippen LogP contribution in [0.5, 0.6) is 0 Å². The Morgan fingerprint density at radius 2 is 1.69 bits per heavy atom. The van der Waals surface area contributed by atoms with Crippen molar-refractivity contribution in [3.8, 4) is 11.3 Å². The number of rotatable bonds is 13. The van der Waals surface area contributed by atoms with E-state index >= 15 is 0 Å². The van der Waals surface area contributed by atoms with Crippen LogP contribution in [0.15, 0.2) is 78.9 Å². The smallest absolute Gasteiger partial charge is 0.328 e. The molecule has 3 aliphatic rings. The van der Waals surface area contributed by atoms with Crippen molar-refractivity contribution in [1.29, 1.82) is 0 Å². The zero-order valence-corrected chi connectivity index (χ0v) is 30.6. The quantitative estimate of drug-likeness (QED) is 0.0776. The number of carbonyl (C=O) groups excluding carboxylic acids is 2. The second kappa shape index (κ2) is 17.1. The van der Waals surface area contributed by atoms with Gasteiger partial charge >= 0.3 is 5.97 Å². The molecular formula is C43H50N4O7. The number of ether oxygens (including phenoxy) is 2. The van der Waals surface area contributed by atoms with E-state index in [1.54, 1.807) is 24.3 Å². The maximum Gasteiger partial charge on any atom is 0.328 e. The lowest BCUT2D eigenvalue weighted by Gasteiger charge is -2.29. The summed E-state index contributed by atoms with van der Waals surface area (Å²) in [6, 6.07) is 23.0. The van der Waals surface area contributed by atoms with E-state index in [1.807, 2.05) is 36.4 Å². The van der Waals surface area contributed by atoms with E-state index in [9.17, 15) is 19.5 Å². The largest absolute Gasteiger partial charge is 0.478 e. The fraction of sp³-hybridized carbons (Fsp3) is 0.419. The number of carbonyl (C=O) groups is 3. The van der Waals surface area contributed by atoms with Gasteiger partial charge < -0.3 is 34.9 Å². The number of aliphatic hydroxyl groups is 1. The zero-order valence-electron chi connectivity index (χ0n) is 30.6. The van der Waals surface area contributed by atoms with Crippen molar-refractivity contribution in [3.05, 3.63) is 95.6 Å². The maximum absolute atomic E-state index is 14.2. The van der Waals surface area contributed by atoms with Gasteiger partial charge in [0.25, 0.3) is 5.91 Å². The fourth-order valence-electron chi connectivity index (χ4n) is 8.35. The van der Waals surface area contributed by atoms with Gasteiger partial charge in [-0.2, -0.15) is 0 Å². The van der Waals surface area contributed by atoms with E-state index in [-0.39, 0.29) is 24.5 Å². The number of aliphatic hydroxyl groups excluding tert-OH is 1. The average Bonchev–Trinajstić information content (AvgIpc) is 3.81. The molecule has 0 bridgehead atoms. The lowest BCUT2D eigenvalue weighted by atomic mass is 9.81. The van der Waals surface area contributed by atoms with Gasteiger partial charge in [0.1, 0.15) is 11.8 Å². The van der Waals surface area contributed by atoms with Crippen LogP contribution in [0.2, 0.25) is 0 Å². The fourth-order valence-corrected chi connectivity index (χ4v) is 8.35. The number of carboxylic acid groups (broad SMARTS) is 1. The standard InChI is InChI=1S/C43H50N4O7/c48-37(44-26-34-28-53-23-24-54-34)27-47-36-25-32(16-19-35(36)39(30-9-3-1-4-10-30)40(47)31-11-5-2-6-12-31)41(51)46-43(21-7-8-22-43)42(52)45-33-17-13-29(14-18-33)15-20-38(49)50/h2,5-6,11-20,25,30,34,37,44,48H,1,3-4,7-10,21-24,26-28H2,(H,45,52)(H,46,51)(H,49,50)/b20-15+. The first kappa shape index (κ1) is 37.5. The Morgan fingerprint density at radius 3 is 2.39 bits per heavy atom. The molecule has 1 saturated heterocycles. The first-order valence-electron chi connectivity index (χ1n) is 19.3. The van der Waals surface area contributed by atoms with Gasteiger partial charge in [0, 0.05) is 34.8 Å². The monoisotopic (exact) mass is 734 g/mol. The van der Waals surface area contributed by atoms with Crippen molar-refractivity contribution in [1.82, 2.24) is 15.2 Å². The van der Waals surface area contributed by atoms with Gasteiger partial charge in [-0.3, -0.25) is 14.9 Å². The average molecular weight is 735 g/mol. The lowest BCUT2D eigenvalue weighted by molar-refractivity contribution is -0.131. The highest BCUT2D eigenvalue weighted by Gasteiger charge is 2.43. The molecule has 11 heteroatoms. The summed E-state index contributed by atoms with van der Waals surface area (Å²) in [5.41, 5.74) is 4.86. The molecule has 1 aliphatic heterocycles. The van der Waals surface area contributed by atoms with Crippen molar-refractivity contribution < 1.29 is 34.1 Å². The van der Waals surface area contributed by atoms with Crippen LogP contribution in [0.1, 0.15) is 85.2 Å². The summed E-state index contributed by atoms with van der Waals surface area (Å²) in [5, 5.41) is 30.8. The summed E-state index contributed by atoms with van der Waals surface area (Å²) in [4.78, 5) is 39.0. The van der Waals surface area contributed by atoms with E-state index in [4.69, 9.17) is 14.6 Å². The van der Waals surface area contributed by atoms with Crippen LogP contribution < -0.4 is 16.0 Å². The molecule has 2 aliphatic carbocycles. The van der Waals surface area contributed by atoms with Crippen LogP contribution in [0.25, 0.3) is 28.2 Å². The number of aromatic nitrogens is 1. The highest BCUT2D eigenvalue weighted by atomic mass is 16.6. The van der Waals surface area contributed by atoms with Crippen molar-refractivity contribution in [2.75, 3.05) is 31.7 Å². The van der Waals surface area contributed by atoms with Crippen molar-refractivity contribution in [2.45, 2.75) is 88.1 Å². The van der Waals surface area contributed by atoms with Gasteiger partial charge in [-0.25, -0.2) is 4.79 Å². The molecule has 2 unspecified atom stereocenters. The molecule has 2 saturated carbocycles. The topological polar surface area (TPSA) is 151 Å². The van der Waals surface area contributed by atoms with Crippen LogP contribution in [0.4, 0.5) is 5.69 Å². The molecule has 1 aromatic heterocycles. The molecule has 0 spiro atoms. The number of aliphatic carboxylic acids is 1. The number of hydrogen-bond donors (Lipinski definition) is 5. The number of benzene rings is 3. The zero-order chi connectivity index (χ0) is 37.5. The van der Waals surface area contributed by atoms with Gasteiger partial charge in [0.05, 0.1) is 38.2 Å². The first-order chi connectivity index (χ1) is 26.3. The Hall–Kier alpha value is -4.81. The van der Waals surface area contributed by atoms with Gasteiger partial charge in [-0.05, 0) is 78.6 Å². The minimum absolute atomic E-state index is 0.142. The minimum Gasteiger partial charge on any atom is -0.478 e. The summed E-state index contributed by atoms with van der Waals surface area (Å²) in [6.07, 6.45) is 9.88. The molecule has 5 N–H and O–H groups in total. The normalized spacial score (nSPS) is 19.5. The Bertz CT molecular complexity index is 1950. The molecule has 54 heavy (non-hydrogen) atoms. The highest BCUT2D eigenvalue weighted by Crippen LogP contribution is 2.44. The lowest BCUT2D eigenvalue weighted by Crippen LogP contribution is -2.55. The van der Waals surface area contributed by atoms with Crippen molar-refractivity contribution in [2.24, 2.45) is 0 Å². The summed E-state index contributed by atoms with van der Waals surface area (Å²) >= 11 is 0. The predicted molar refractivity (Wildman–Crippen MR) is 208 cm³/mol. The summed E-state index contributed by atoms with van der Waals surface area (Å²) in [6.45, 7) is 2.28. The first-order valence-corrected chi connectivity index (χ1v) is 19.3. The molecule has 7 rings (SSSR count). The van der Waals surface area contributed by atoms with E-state index in [0.29, 0.717) is 61.9 Å². The Morgan fingerprint density at radius 1 is 0.926 bits per heavy atom. The number of hydrogen-bond acceptors (Lipinski definition) is 7. The third-order valence-electron chi connectivity index (χ3n) is 11.1. The number of anilines is 1. The minimum atomic E-state index is -1.08. The molecule has 2 amide bonds.